The van der Waals surface area contributed by atoms with E-state index in [4.69, 9.17) is 0 Å². The molecule has 0 unspecified atom stereocenters. The Morgan fingerprint density at radius 3 is 2.50 bits per heavy atom. The number of nitrogens with zero attached hydrogens (tertiary/aromatic N) is 1. The zero-order valence-electron chi connectivity index (χ0n) is 16.4. The highest BCUT2D eigenvalue weighted by Gasteiger charge is 2.20. The lowest BCUT2D eigenvalue weighted by Crippen LogP contribution is -2.46. The Kier molecular flexibility index (Phi) is 8.47. The molecule has 0 bridgehead atoms. The smallest absolute Gasteiger partial charge is 0.238 e. The Balaban J connectivity index is 1.78. The van der Waals surface area contributed by atoms with E-state index in [1.807, 2.05) is 30.5 Å². The molecule has 7 heteroatoms. The van der Waals surface area contributed by atoms with E-state index in [1.54, 1.807) is 42.8 Å². The molecule has 150 valence electrons. The first-order valence-corrected chi connectivity index (χ1v) is 10.3. The molecule has 0 aromatic heterocycles. The van der Waals surface area contributed by atoms with Crippen molar-refractivity contribution in [1.29, 1.82) is 0 Å². The van der Waals surface area contributed by atoms with Crippen molar-refractivity contribution in [1.82, 2.24) is 10.2 Å². The number of thioether (sulfide) groups is 1. The maximum absolute atomic E-state index is 12.9. The molecule has 0 saturated carbocycles. The van der Waals surface area contributed by atoms with Gasteiger partial charge in [-0.3, -0.25) is 14.5 Å². The summed E-state index contributed by atoms with van der Waals surface area (Å²) in [4.78, 5) is 27.3. The fraction of sp³-hybridized carbons (Fsp3) is 0.333. The Morgan fingerprint density at radius 2 is 1.82 bits per heavy atom. The number of hydrogen-bond donors (Lipinski definition) is 2. The second-order valence-electron chi connectivity index (χ2n) is 6.51. The zero-order valence-corrected chi connectivity index (χ0v) is 17.2. The van der Waals surface area contributed by atoms with Crippen LogP contribution in [0, 0.1) is 5.82 Å². The van der Waals surface area contributed by atoms with Gasteiger partial charge in [0.25, 0.3) is 0 Å². The lowest BCUT2D eigenvalue weighted by atomic mass is 10.1. The van der Waals surface area contributed by atoms with Crippen LogP contribution in [0.25, 0.3) is 0 Å². The highest BCUT2D eigenvalue weighted by atomic mass is 32.2. The topological polar surface area (TPSA) is 61.4 Å². The summed E-state index contributed by atoms with van der Waals surface area (Å²) in [7, 11) is 1.74. The Morgan fingerprint density at radius 1 is 1.14 bits per heavy atom. The number of benzene rings is 2. The van der Waals surface area contributed by atoms with Gasteiger partial charge >= 0.3 is 0 Å². The molecule has 1 atom stereocenters. The van der Waals surface area contributed by atoms with E-state index in [0.717, 1.165) is 16.1 Å². The van der Waals surface area contributed by atoms with Crippen molar-refractivity contribution in [3.8, 4) is 0 Å². The lowest BCUT2D eigenvalue weighted by Gasteiger charge is -2.23. The Hall–Kier alpha value is -2.38. The summed E-state index contributed by atoms with van der Waals surface area (Å²) < 4.78 is 12.9. The van der Waals surface area contributed by atoms with E-state index in [-0.39, 0.29) is 24.2 Å². The van der Waals surface area contributed by atoms with Crippen LogP contribution in [-0.2, 0) is 16.0 Å². The third-order valence-corrected chi connectivity index (χ3v) is 5.24. The van der Waals surface area contributed by atoms with Crippen molar-refractivity contribution in [2.24, 2.45) is 0 Å². The van der Waals surface area contributed by atoms with Crippen LogP contribution in [0.1, 0.15) is 12.5 Å². The minimum Gasteiger partial charge on any atom is -0.354 e. The van der Waals surface area contributed by atoms with Crippen LogP contribution in [0.3, 0.4) is 0 Å². The number of nitrogens with one attached hydrogen (secondary N) is 2. The van der Waals surface area contributed by atoms with Crippen molar-refractivity contribution >= 4 is 29.3 Å². The van der Waals surface area contributed by atoms with Crippen LogP contribution in [0.2, 0.25) is 0 Å². The van der Waals surface area contributed by atoms with E-state index in [9.17, 15) is 14.0 Å². The highest BCUT2D eigenvalue weighted by molar-refractivity contribution is 7.98. The van der Waals surface area contributed by atoms with E-state index >= 15 is 0 Å². The molecule has 2 aromatic carbocycles. The summed E-state index contributed by atoms with van der Waals surface area (Å²) in [6.07, 6.45) is 2.57. The van der Waals surface area contributed by atoms with Gasteiger partial charge in [-0.05, 0) is 56.5 Å². The second kappa shape index (κ2) is 10.8. The molecule has 0 saturated heterocycles. The van der Waals surface area contributed by atoms with Gasteiger partial charge in [-0.1, -0.05) is 24.3 Å². The summed E-state index contributed by atoms with van der Waals surface area (Å²) >= 11 is 1.56. The van der Waals surface area contributed by atoms with E-state index in [2.05, 4.69) is 10.6 Å². The molecule has 2 aromatic rings. The van der Waals surface area contributed by atoms with Gasteiger partial charge < -0.3 is 10.6 Å². The zero-order chi connectivity index (χ0) is 20.5. The number of rotatable bonds is 9. The number of carbonyl (C=O) groups excluding carboxylic acids is 2. The van der Waals surface area contributed by atoms with Crippen molar-refractivity contribution in [3.63, 3.8) is 0 Å². The second-order valence-corrected chi connectivity index (χ2v) is 7.36. The normalized spacial score (nSPS) is 11.9. The average molecular weight is 404 g/mol. The molecule has 0 fully saturated rings. The third-order valence-electron chi connectivity index (χ3n) is 4.44. The predicted octanol–water partition coefficient (Wildman–Crippen LogP) is 3.17. The molecule has 2 N–H and O–H groups in total. The van der Waals surface area contributed by atoms with Crippen LogP contribution in [0.15, 0.2) is 53.4 Å². The average Bonchev–Trinajstić information content (AvgIpc) is 2.69. The van der Waals surface area contributed by atoms with Gasteiger partial charge in [0.2, 0.25) is 11.8 Å². The predicted molar refractivity (Wildman–Crippen MR) is 112 cm³/mol. The summed E-state index contributed by atoms with van der Waals surface area (Å²) in [6, 6.07) is 13.4. The van der Waals surface area contributed by atoms with Crippen LogP contribution in [0.5, 0.6) is 0 Å². The molecule has 2 amide bonds. The molecule has 28 heavy (non-hydrogen) atoms. The first-order valence-electron chi connectivity index (χ1n) is 9.06. The number of anilines is 1. The fourth-order valence-corrected chi connectivity index (χ4v) is 3.18. The van der Waals surface area contributed by atoms with E-state index in [0.29, 0.717) is 13.0 Å². The van der Waals surface area contributed by atoms with Crippen LogP contribution in [0.4, 0.5) is 10.1 Å². The van der Waals surface area contributed by atoms with Crippen LogP contribution < -0.4 is 10.6 Å². The number of amides is 2. The van der Waals surface area contributed by atoms with Gasteiger partial charge in [0, 0.05) is 11.4 Å². The van der Waals surface area contributed by atoms with Crippen molar-refractivity contribution in [3.05, 3.63) is 59.9 Å². The van der Waals surface area contributed by atoms with Gasteiger partial charge in [0.15, 0.2) is 0 Å². The quantitative estimate of drug-likeness (QED) is 0.632. The molecule has 0 aliphatic carbocycles. The monoisotopic (exact) mass is 403 g/mol. The van der Waals surface area contributed by atoms with Crippen molar-refractivity contribution in [2.45, 2.75) is 24.3 Å². The third kappa shape index (κ3) is 6.65. The standard InChI is InChI=1S/C21H26FN3O2S/c1-15(21(27)23-13-12-16-8-10-17(22)11-9-16)25(2)14-20(26)24-18-6-4-5-7-19(18)28-3/h4-11,15H,12-14H2,1-3H3,(H,23,27)(H,24,26)/t15-/m1/s1. The molecule has 5 nitrogen and oxygen atoms in total. The molecular formula is C21H26FN3O2S. The van der Waals surface area contributed by atoms with Gasteiger partial charge in [-0.2, -0.15) is 0 Å². The van der Waals surface area contributed by atoms with Gasteiger partial charge in [-0.25, -0.2) is 4.39 Å². The molecule has 0 aliphatic rings. The van der Waals surface area contributed by atoms with E-state index < -0.39 is 6.04 Å². The highest BCUT2D eigenvalue weighted by Crippen LogP contribution is 2.24. The molecule has 0 spiro atoms. The number of para-hydroxylation sites is 1. The minimum atomic E-state index is -0.449. The van der Waals surface area contributed by atoms with Gasteiger partial charge in [-0.15, -0.1) is 11.8 Å². The fourth-order valence-electron chi connectivity index (χ4n) is 2.63. The molecule has 2 rings (SSSR count). The first kappa shape index (κ1) is 21.9. The number of hydrogen-bond acceptors (Lipinski definition) is 4. The summed E-state index contributed by atoms with van der Waals surface area (Å²) in [5.74, 6) is -0.599. The molecule has 0 radical (unpaired) electrons. The van der Waals surface area contributed by atoms with E-state index in [1.165, 1.54) is 12.1 Å². The summed E-state index contributed by atoms with van der Waals surface area (Å²) in [6.45, 7) is 2.32. The largest absolute Gasteiger partial charge is 0.354 e. The van der Waals surface area contributed by atoms with Gasteiger partial charge in [0.1, 0.15) is 5.82 Å². The summed E-state index contributed by atoms with van der Waals surface area (Å²) in [5.41, 5.74) is 1.72. The maximum atomic E-state index is 12.9. The minimum absolute atomic E-state index is 0.106. The molecule has 0 aliphatic heterocycles. The van der Waals surface area contributed by atoms with Crippen LogP contribution >= 0.6 is 11.8 Å². The summed E-state index contributed by atoms with van der Waals surface area (Å²) in [5, 5.41) is 5.75. The van der Waals surface area contributed by atoms with Crippen LogP contribution in [-0.4, -0.2) is 49.1 Å². The van der Waals surface area contributed by atoms with Crippen molar-refractivity contribution < 1.29 is 14.0 Å². The van der Waals surface area contributed by atoms with Crippen molar-refractivity contribution in [2.75, 3.05) is 31.7 Å². The number of halogens is 1. The Labute approximate surface area is 169 Å². The SMILES string of the molecule is CSc1ccccc1NC(=O)CN(C)[C@H](C)C(=O)NCCc1ccc(F)cc1. The number of likely N-dealkylation sites (N-methyl/N-ethyl adjacent to an activating group) is 1. The number of carbonyl (C=O) groups is 2. The maximum Gasteiger partial charge on any atom is 0.238 e. The lowest BCUT2D eigenvalue weighted by molar-refractivity contribution is -0.126. The first-order chi connectivity index (χ1) is 13.4. The Bertz CT molecular complexity index is 798. The molecular weight excluding hydrogens is 377 g/mol. The van der Waals surface area contributed by atoms with Gasteiger partial charge in [0.05, 0.1) is 18.3 Å². The molecule has 0 heterocycles.